The zero-order valence-electron chi connectivity index (χ0n) is 16.7. The monoisotopic (exact) mass is 389 g/mol. The van der Waals surface area contributed by atoms with Crippen molar-refractivity contribution in [2.45, 2.75) is 33.0 Å². The number of hydrogen-bond acceptors (Lipinski definition) is 4. The molecule has 0 bridgehead atoms. The molecule has 3 aromatic rings. The van der Waals surface area contributed by atoms with Gasteiger partial charge in [-0.2, -0.15) is 0 Å². The first-order valence-corrected chi connectivity index (χ1v) is 9.94. The van der Waals surface area contributed by atoms with Crippen LogP contribution in [0.4, 0.5) is 0 Å². The Hall–Kier alpha value is -3.18. The average molecular weight is 389 g/mol. The molecule has 1 amide bonds. The van der Waals surface area contributed by atoms with Gasteiger partial charge in [0, 0.05) is 31.4 Å². The summed E-state index contributed by atoms with van der Waals surface area (Å²) < 4.78 is 5.84. The summed E-state index contributed by atoms with van der Waals surface area (Å²) in [7, 11) is 0. The molecule has 0 unspecified atom stereocenters. The van der Waals surface area contributed by atoms with Crippen molar-refractivity contribution >= 4 is 5.91 Å². The number of aromatic nitrogens is 1. The Labute approximate surface area is 172 Å². The first-order valence-electron chi connectivity index (χ1n) is 9.94. The molecule has 0 fully saturated rings. The normalized spacial score (nSPS) is 10.5. The van der Waals surface area contributed by atoms with E-state index in [9.17, 15) is 4.79 Å². The largest absolute Gasteiger partial charge is 0.487 e. The number of nitrogens with zero attached hydrogens (tertiary/aromatic N) is 1. The Morgan fingerprint density at radius 3 is 2.52 bits per heavy atom. The third-order valence-electron chi connectivity index (χ3n) is 4.39. The van der Waals surface area contributed by atoms with Gasteiger partial charge in [0.2, 0.25) is 0 Å². The van der Waals surface area contributed by atoms with Crippen LogP contribution in [0.25, 0.3) is 0 Å². The highest BCUT2D eigenvalue weighted by atomic mass is 16.5. The van der Waals surface area contributed by atoms with Crippen molar-refractivity contribution in [2.75, 3.05) is 6.54 Å². The molecule has 0 aliphatic heterocycles. The van der Waals surface area contributed by atoms with E-state index < -0.39 is 0 Å². The lowest BCUT2D eigenvalue weighted by Gasteiger charge is -2.10. The van der Waals surface area contributed by atoms with E-state index in [-0.39, 0.29) is 5.91 Å². The van der Waals surface area contributed by atoms with Crippen LogP contribution in [0, 0.1) is 0 Å². The average Bonchev–Trinajstić information content (AvgIpc) is 2.77. The molecule has 0 spiro atoms. The van der Waals surface area contributed by atoms with E-state index in [0.717, 1.165) is 29.0 Å². The van der Waals surface area contributed by atoms with Gasteiger partial charge in [0.1, 0.15) is 12.4 Å². The number of amides is 1. The summed E-state index contributed by atoms with van der Waals surface area (Å²) in [4.78, 5) is 16.4. The fourth-order valence-corrected chi connectivity index (χ4v) is 2.90. The zero-order chi connectivity index (χ0) is 20.3. The summed E-state index contributed by atoms with van der Waals surface area (Å²) >= 11 is 0. The molecule has 2 aromatic carbocycles. The van der Waals surface area contributed by atoms with Crippen molar-refractivity contribution in [3.05, 3.63) is 95.3 Å². The Balaban J connectivity index is 1.50. The Morgan fingerprint density at radius 2 is 1.76 bits per heavy atom. The lowest BCUT2D eigenvalue weighted by atomic mass is 10.1. The minimum absolute atomic E-state index is 0.0218. The topological polar surface area (TPSA) is 63.2 Å². The van der Waals surface area contributed by atoms with E-state index in [1.54, 1.807) is 6.20 Å². The van der Waals surface area contributed by atoms with Crippen molar-refractivity contribution in [2.24, 2.45) is 0 Å². The van der Waals surface area contributed by atoms with E-state index in [1.807, 2.05) is 67.6 Å². The predicted octanol–water partition coefficient (Wildman–Crippen LogP) is 4.09. The van der Waals surface area contributed by atoms with E-state index in [4.69, 9.17) is 4.74 Å². The van der Waals surface area contributed by atoms with Gasteiger partial charge in [-0.1, -0.05) is 37.3 Å². The van der Waals surface area contributed by atoms with Crippen molar-refractivity contribution in [3.8, 4) is 5.75 Å². The number of ether oxygens (including phenoxy) is 1. The number of carbonyl (C=O) groups is 1. The summed E-state index contributed by atoms with van der Waals surface area (Å²) in [5.74, 6) is 0.802. The first kappa shape index (κ1) is 20.6. The quantitative estimate of drug-likeness (QED) is 0.548. The van der Waals surface area contributed by atoms with Gasteiger partial charge in [-0.15, -0.1) is 0 Å². The van der Waals surface area contributed by atoms with Crippen LogP contribution in [-0.4, -0.2) is 17.4 Å². The highest BCUT2D eigenvalue weighted by Gasteiger charge is 2.05. The van der Waals surface area contributed by atoms with Crippen LogP contribution in [0.3, 0.4) is 0 Å². The van der Waals surface area contributed by atoms with Gasteiger partial charge in [0.25, 0.3) is 5.91 Å². The van der Waals surface area contributed by atoms with Crippen LogP contribution >= 0.6 is 0 Å². The molecule has 5 heteroatoms. The molecule has 1 aromatic heterocycles. The molecule has 5 nitrogen and oxygen atoms in total. The lowest BCUT2D eigenvalue weighted by Crippen LogP contribution is -2.24. The number of nitrogens with one attached hydrogen (secondary N) is 2. The fraction of sp³-hybridized carbons (Fsp3) is 0.250. The molecular weight excluding hydrogens is 362 g/mol. The van der Waals surface area contributed by atoms with Crippen molar-refractivity contribution in [3.63, 3.8) is 0 Å². The smallest absolute Gasteiger partial charge is 0.251 e. The molecule has 1 heterocycles. The van der Waals surface area contributed by atoms with Crippen LogP contribution in [0.2, 0.25) is 0 Å². The second-order valence-electron chi connectivity index (χ2n) is 6.82. The second-order valence-corrected chi connectivity index (χ2v) is 6.82. The summed E-state index contributed by atoms with van der Waals surface area (Å²) in [6, 6.07) is 21.6. The molecule has 0 aliphatic rings. The molecule has 0 atom stereocenters. The van der Waals surface area contributed by atoms with Gasteiger partial charge in [0.15, 0.2) is 0 Å². The summed E-state index contributed by atoms with van der Waals surface area (Å²) in [5.41, 5.74) is 3.82. The molecular formula is C24H27N3O2. The molecule has 0 saturated heterocycles. The number of carbonyl (C=O) groups excluding carboxylic acids is 1. The maximum Gasteiger partial charge on any atom is 0.251 e. The minimum Gasteiger partial charge on any atom is -0.487 e. The van der Waals surface area contributed by atoms with Crippen LogP contribution in [0.15, 0.2) is 72.9 Å². The second kappa shape index (κ2) is 11.0. The molecule has 0 saturated carbocycles. The number of hydrogen-bond donors (Lipinski definition) is 2. The Bertz CT molecular complexity index is 913. The van der Waals surface area contributed by atoms with Crippen LogP contribution in [0.1, 0.15) is 40.5 Å². The highest BCUT2D eigenvalue weighted by Crippen LogP contribution is 2.15. The van der Waals surface area contributed by atoms with Gasteiger partial charge >= 0.3 is 0 Å². The van der Waals surface area contributed by atoms with E-state index in [1.165, 1.54) is 0 Å². The van der Waals surface area contributed by atoms with Gasteiger partial charge < -0.3 is 15.4 Å². The van der Waals surface area contributed by atoms with Crippen molar-refractivity contribution in [1.29, 1.82) is 0 Å². The Morgan fingerprint density at radius 1 is 0.966 bits per heavy atom. The van der Waals surface area contributed by atoms with E-state index >= 15 is 0 Å². The fourth-order valence-electron chi connectivity index (χ4n) is 2.90. The predicted molar refractivity (Wildman–Crippen MR) is 115 cm³/mol. The number of benzene rings is 2. The van der Waals surface area contributed by atoms with Crippen LogP contribution in [-0.2, 0) is 19.7 Å². The molecule has 3 rings (SSSR count). The van der Waals surface area contributed by atoms with Crippen molar-refractivity contribution in [1.82, 2.24) is 15.6 Å². The van der Waals surface area contributed by atoms with E-state index in [0.29, 0.717) is 31.8 Å². The number of rotatable bonds is 10. The van der Waals surface area contributed by atoms with Gasteiger partial charge in [-0.3, -0.25) is 9.78 Å². The van der Waals surface area contributed by atoms with Crippen molar-refractivity contribution < 1.29 is 9.53 Å². The summed E-state index contributed by atoms with van der Waals surface area (Å²) in [5, 5.41) is 6.34. The summed E-state index contributed by atoms with van der Waals surface area (Å²) in [6.07, 6.45) is 2.69. The van der Waals surface area contributed by atoms with Gasteiger partial charge in [0.05, 0.1) is 5.69 Å². The molecule has 2 N–H and O–H groups in total. The van der Waals surface area contributed by atoms with Crippen LogP contribution < -0.4 is 15.4 Å². The molecule has 0 aliphatic carbocycles. The lowest BCUT2D eigenvalue weighted by molar-refractivity contribution is 0.0953. The minimum atomic E-state index is -0.0218. The first-order chi connectivity index (χ1) is 14.2. The zero-order valence-corrected chi connectivity index (χ0v) is 16.7. The maximum absolute atomic E-state index is 12.1. The standard InChI is InChI=1S/C24H27N3O2/c1-2-12-27-24(28)21-9-5-7-19(14-21)16-25-17-20-8-6-11-23(15-20)29-18-22-10-3-4-13-26-22/h3-11,13-15,25H,2,12,16-18H2,1H3,(H,27,28). The third-order valence-corrected chi connectivity index (χ3v) is 4.39. The Kier molecular flexibility index (Phi) is 7.78. The van der Waals surface area contributed by atoms with E-state index in [2.05, 4.69) is 21.7 Å². The third kappa shape index (κ3) is 6.73. The van der Waals surface area contributed by atoms with Gasteiger partial charge in [-0.25, -0.2) is 0 Å². The molecule has 0 radical (unpaired) electrons. The molecule has 29 heavy (non-hydrogen) atoms. The number of pyridine rings is 1. The SMILES string of the molecule is CCCNC(=O)c1cccc(CNCc2cccc(OCc3ccccn3)c2)c1. The maximum atomic E-state index is 12.1. The van der Waals surface area contributed by atoms with Gasteiger partial charge in [-0.05, 0) is 53.9 Å². The molecule has 150 valence electrons. The highest BCUT2D eigenvalue weighted by molar-refractivity contribution is 5.94. The van der Waals surface area contributed by atoms with Crippen LogP contribution in [0.5, 0.6) is 5.75 Å². The summed E-state index contributed by atoms with van der Waals surface area (Å²) in [6.45, 7) is 4.59.